The third kappa shape index (κ3) is 6.55. The van der Waals surface area contributed by atoms with Crippen LogP contribution in [-0.2, 0) is 9.53 Å². The van der Waals surface area contributed by atoms with E-state index < -0.39 is 24.5 Å². The van der Waals surface area contributed by atoms with Gasteiger partial charge in [0.15, 0.2) is 6.61 Å². The number of hydrogen-bond acceptors (Lipinski definition) is 6. The Labute approximate surface area is 159 Å². The van der Waals surface area contributed by atoms with Crippen LogP contribution in [0.2, 0.25) is 0 Å². The van der Waals surface area contributed by atoms with E-state index in [9.17, 15) is 19.2 Å². The van der Waals surface area contributed by atoms with Gasteiger partial charge in [0.25, 0.3) is 11.8 Å². The molecule has 0 saturated heterocycles. The molecule has 0 aliphatic heterocycles. The van der Waals surface area contributed by atoms with Crippen molar-refractivity contribution in [2.45, 2.75) is 13.3 Å². The number of imide groups is 1. The lowest BCUT2D eigenvalue weighted by Crippen LogP contribution is -2.41. The van der Waals surface area contributed by atoms with Crippen molar-refractivity contribution in [3.63, 3.8) is 0 Å². The summed E-state index contributed by atoms with van der Waals surface area (Å²) >= 11 is 1.32. The van der Waals surface area contributed by atoms with Crippen LogP contribution in [0.3, 0.4) is 0 Å². The fourth-order valence-electron chi connectivity index (χ4n) is 1.95. The first-order chi connectivity index (χ1) is 13.0. The molecule has 0 saturated carbocycles. The van der Waals surface area contributed by atoms with E-state index in [4.69, 9.17) is 4.74 Å². The van der Waals surface area contributed by atoms with Gasteiger partial charge in [0.2, 0.25) is 0 Å². The Morgan fingerprint density at radius 1 is 1.07 bits per heavy atom. The summed E-state index contributed by atoms with van der Waals surface area (Å²) in [6.45, 7) is 1.74. The fourth-order valence-corrected chi connectivity index (χ4v) is 2.57. The number of anilines is 1. The van der Waals surface area contributed by atoms with E-state index in [1.807, 2.05) is 6.92 Å². The summed E-state index contributed by atoms with van der Waals surface area (Å²) in [5.41, 5.74) is 0.739. The van der Waals surface area contributed by atoms with Crippen LogP contribution in [0.4, 0.5) is 10.5 Å². The number of nitrogens with one attached hydrogen (secondary N) is 3. The predicted molar refractivity (Wildman–Crippen MR) is 101 cm³/mol. The van der Waals surface area contributed by atoms with Crippen molar-refractivity contribution in [1.82, 2.24) is 10.6 Å². The van der Waals surface area contributed by atoms with Crippen LogP contribution in [0.15, 0.2) is 41.8 Å². The number of benzene rings is 1. The van der Waals surface area contributed by atoms with Gasteiger partial charge < -0.3 is 15.4 Å². The van der Waals surface area contributed by atoms with E-state index in [0.717, 1.165) is 6.42 Å². The van der Waals surface area contributed by atoms with Gasteiger partial charge in [-0.3, -0.25) is 14.9 Å². The summed E-state index contributed by atoms with van der Waals surface area (Å²) in [7, 11) is 0. The summed E-state index contributed by atoms with van der Waals surface area (Å²) in [5, 5.41) is 9.04. The summed E-state index contributed by atoms with van der Waals surface area (Å²) in [5.74, 6) is -1.68. The molecule has 2 aromatic rings. The lowest BCUT2D eigenvalue weighted by molar-refractivity contribution is -0.123. The SMILES string of the molecule is CCCNC(=O)NC(=O)COC(=O)c1ccc(NC(=O)c2cccs2)cc1. The molecule has 0 radical (unpaired) electrons. The Balaban J connectivity index is 1.80. The molecule has 0 unspecified atom stereocenters. The second kappa shape index (κ2) is 10.1. The maximum Gasteiger partial charge on any atom is 0.338 e. The first-order valence-corrected chi connectivity index (χ1v) is 9.07. The molecule has 8 nitrogen and oxygen atoms in total. The highest BCUT2D eigenvalue weighted by molar-refractivity contribution is 7.12. The fraction of sp³-hybridized carbons (Fsp3) is 0.222. The topological polar surface area (TPSA) is 114 Å². The van der Waals surface area contributed by atoms with E-state index in [0.29, 0.717) is 17.1 Å². The molecule has 0 fully saturated rings. The van der Waals surface area contributed by atoms with Crippen LogP contribution in [0, 0.1) is 0 Å². The highest BCUT2D eigenvalue weighted by atomic mass is 32.1. The average molecular weight is 389 g/mol. The largest absolute Gasteiger partial charge is 0.452 e. The van der Waals surface area contributed by atoms with Gasteiger partial charge in [0.05, 0.1) is 10.4 Å². The van der Waals surface area contributed by atoms with Crippen LogP contribution in [-0.4, -0.2) is 37.0 Å². The standard InChI is InChI=1S/C18H19N3O5S/c1-2-9-19-18(25)21-15(22)11-26-17(24)12-5-7-13(8-6-12)20-16(23)14-4-3-10-27-14/h3-8,10H,2,9,11H2,1H3,(H,20,23)(H2,19,21,22,25). The molecule has 0 spiro atoms. The maximum absolute atomic E-state index is 12.0. The number of amides is 4. The number of ether oxygens (including phenoxy) is 1. The summed E-state index contributed by atoms with van der Waals surface area (Å²) in [6, 6.07) is 8.91. The zero-order chi connectivity index (χ0) is 19.6. The van der Waals surface area contributed by atoms with Crippen molar-refractivity contribution in [3.05, 3.63) is 52.2 Å². The van der Waals surface area contributed by atoms with Gasteiger partial charge >= 0.3 is 12.0 Å². The van der Waals surface area contributed by atoms with Gasteiger partial charge in [0.1, 0.15) is 0 Å². The lowest BCUT2D eigenvalue weighted by atomic mass is 10.2. The molecule has 1 heterocycles. The molecule has 9 heteroatoms. The molecule has 1 aromatic carbocycles. The summed E-state index contributed by atoms with van der Waals surface area (Å²) in [4.78, 5) is 47.3. The molecule has 0 atom stereocenters. The van der Waals surface area contributed by atoms with Crippen LogP contribution in [0.5, 0.6) is 0 Å². The number of esters is 1. The molecular formula is C18H19N3O5S. The zero-order valence-corrected chi connectivity index (χ0v) is 15.4. The number of carbonyl (C=O) groups is 4. The normalized spacial score (nSPS) is 9.96. The zero-order valence-electron chi connectivity index (χ0n) is 14.6. The second-order valence-electron chi connectivity index (χ2n) is 5.39. The molecule has 27 heavy (non-hydrogen) atoms. The molecule has 0 aliphatic carbocycles. The van der Waals surface area contributed by atoms with Gasteiger partial charge in [-0.05, 0) is 42.1 Å². The van der Waals surface area contributed by atoms with Gasteiger partial charge in [-0.25, -0.2) is 9.59 Å². The highest BCUT2D eigenvalue weighted by Gasteiger charge is 2.13. The Kier molecular flexibility index (Phi) is 7.50. The summed E-state index contributed by atoms with van der Waals surface area (Å²) < 4.78 is 4.86. The maximum atomic E-state index is 12.0. The van der Waals surface area contributed by atoms with E-state index >= 15 is 0 Å². The van der Waals surface area contributed by atoms with Gasteiger partial charge in [0, 0.05) is 12.2 Å². The van der Waals surface area contributed by atoms with Gasteiger partial charge in [-0.15, -0.1) is 11.3 Å². The first kappa shape index (κ1) is 20.1. The van der Waals surface area contributed by atoms with Crippen LogP contribution < -0.4 is 16.0 Å². The van der Waals surface area contributed by atoms with Crippen molar-refractivity contribution in [2.24, 2.45) is 0 Å². The Morgan fingerprint density at radius 2 is 1.81 bits per heavy atom. The van der Waals surface area contributed by atoms with Crippen molar-refractivity contribution in [1.29, 1.82) is 0 Å². The molecule has 1 aromatic heterocycles. The number of urea groups is 1. The van der Waals surface area contributed by atoms with Gasteiger partial charge in [-0.2, -0.15) is 0 Å². The van der Waals surface area contributed by atoms with Crippen molar-refractivity contribution in [3.8, 4) is 0 Å². The predicted octanol–water partition coefficient (Wildman–Crippen LogP) is 2.39. The average Bonchev–Trinajstić information content (AvgIpc) is 3.20. The van der Waals surface area contributed by atoms with E-state index in [1.54, 1.807) is 29.6 Å². The lowest BCUT2D eigenvalue weighted by Gasteiger charge is -2.07. The van der Waals surface area contributed by atoms with Crippen molar-refractivity contribution in [2.75, 3.05) is 18.5 Å². The minimum Gasteiger partial charge on any atom is -0.452 e. The Hall–Kier alpha value is -3.20. The molecule has 0 bridgehead atoms. The first-order valence-electron chi connectivity index (χ1n) is 8.19. The molecule has 2 rings (SSSR count). The number of thiophene rings is 1. The molecular weight excluding hydrogens is 370 g/mol. The second-order valence-corrected chi connectivity index (χ2v) is 6.34. The van der Waals surface area contributed by atoms with Crippen LogP contribution in [0.25, 0.3) is 0 Å². The minimum absolute atomic E-state index is 0.215. The van der Waals surface area contributed by atoms with Crippen LogP contribution >= 0.6 is 11.3 Å². The number of hydrogen-bond donors (Lipinski definition) is 3. The smallest absolute Gasteiger partial charge is 0.338 e. The van der Waals surface area contributed by atoms with Crippen molar-refractivity contribution >= 4 is 40.8 Å². The molecule has 0 aliphatic rings. The quantitative estimate of drug-likeness (QED) is 0.629. The molecule has 142 valence electrons. The Morgan fingerprint density at radius 3 is 2.44 bits per heavy atom. The van der Waals surface area contributed by atoms with Crippen molar-refractivity contribution < 1.29 is 23.9 Å². The van der Waals surface area contributed by atoms with E-state index in [1.165, 1.54) is 23.5 Å². The van der Waals surface area contributed by atoms with E-state index in [-0.39, 0.29) is 11.5 Å². The third-order valence-corrected chi connectivity index (χ3v) is 4.11. The third-order valence-electron chi connectivity index (χ3n) is 3.25. The number of carbonyl (C=O) groups excluding carboxylic acids is 4. The van der Waals surface area contributed by atoms with E-state index in [2.05, 4.69) is 16.0 Å². The van der Waals surface area contributed by atoms with Crippen LogP contribution in [0.1, 0.15) is 33.4 Å². The minimum atomic E-state index is -0.725. The van der Waals surface area contributed by atoms with Gasteiger partial charge in [-0.1, -0.05) is 13.0 Å². The highest BCUT2D eigenvalue weighted by Crippen LogP contribution is 2.14. The Bertz CT molecular complexity index is 803. The number of rotatable bonds is 7. The molecule has 4 amide bonds. The molecule has 3 N–H and O–H groups in total. The monoisotopic (exact) mass is 389 g/mol. The summed E-state index contributed by atoms with van der Waals surface area (Å²) in [6.07, 6.45) is 0.736.